The lowest BCUT2D eigenvalue weighted by molar-refractivity contribution is 0.130. The van der Waals surface area contributed by atoms with Gasteiger partial charge in [-0.3, -0.25) is 9.78 Å². The van der Waals surface area contributed by atoms with Crippen molar-refractivity contribution in [3.63, 3.8) is 0 Å². The minimum Gasteiger partial charge on any atom is -0.496 e. The molecule has 0 atom stereocenters. The molecule has 1 aromatic heterocycles. The highest BCUT2D eigenvalue weighted by Crippen LogP contribution is 2.23. The van der Waals surface area contributed by atoms with Crippen LogP contribution in [-0.2, 0) is 11.4 Å². The number of benzene rings is 1. The molecule has 2 rings (SSSR count). The predicted octanol–water partition coefficient (Wildman–Crippen LogP) is 1.69. The van der Waals surface area contributed by atoms with Crippen molar-refractivity contribution in [3.8, 4) is 5.75 Å². The number of hydrogen-bond donors (Lipinski definition) is 2. The Hall–Kier alpha value is -2.35. The molecule has 0 aliphatic carbocycles. The summed E-state index contributed by atoms with van der Waals surface area (Å²) in [4.78, 5) is 32.5. The average Bonchev–Trinajstić information content (AvgIpc) is 2.45. The standard InChI is InChI=1S/C14H14BrN3O4/c1-8-11(13(19)18-14(20)17-8)6-16-22-7-9-5-10(15)3-4-12(9)21-2/h3-6H,7H2,1-2H3,(H2,17,18,19,20)/b16-6+. The number of aryl methyl sites for hydroxylation is 1. The van der Waals surface area contributed by atoms with Crippen LogP contribution in [0.2, 0.25) is 0 Å². The van der Waals surface area contributed by atoms with Crippen LogP contribution < -0.4 is 16.0 Å². The van der Waals surface area contributed by atoms with Crippen LogP contribution in [0.5, 0.6) is 5.75 Å². The van der Waals surface area contributed by atoms with Gasteiger partial charge < -0.3 is 14.6 Å². The van der Waals surface area contributed by atoms with Gasteiger partial charge in [-0.05, 0) is 25.1 Å². The van der Waals surface area contributed by atoms with Gasteiger partial charge in [0.15, 0.2) is 0 Å². The Kier molecular flexibility index (Phi) is 5.16. The molecule has 0 radical (unpaired) electrons. The van der Waals surface area contributed by atoms with E-state index in [4.69, 9.17) is 9.57 Å². The fourth-order valence-corrected chi connectivity index (χ4v) is 2.23. The van der Waals surface area contributed by atoms with Crippen LogP contribution in [-0.4, -0.2) is 23.3 Å². The number of ether oxygens (including phenoxy) is 1. The zero-order valence-corrected chi connectivity index (χ0v) is 13.6. The van der Waals surface area contributed by atoms with E-state index in [0.717, 1.165) is 10.0 Å². The van der Waals surface area contributed by atoms with Crippen LogP contribution in [0.25, 0.3) is 0 Å². The van der Waals surface area contributed by atoms with Crippen LogP contribution in [0.3, 0.4) is 0 Å². The molecule has 0 unspecified atom stereocenters. The van der Waals surface area contributed by atoms with E-state index in [-0.39, 0.29) is 12.2 Å². The van der Waals surface area contributed by atoms with E-state index in [9.17, 15) is 9.59 Å². The first-order valence-electron chi connectivity index (χ1n) is 6.32. The zero-order chi connectivity index (χ0) is 16.1. The molecule has 0 fully saturated rings. The molecule has 0 aliphatic rings. The van der Waals surface area contributed by atoms with Gasteiger partial charge in [0.2, 0.25) is 0 Å². The lowest BCUT2D eigenvalue weighted by Gasteiger charge is -2.07. The van der Waals surface area contributed by atoms with Crippen LogP contribution in [0.1, 0.15) is 16.8 Å². The zero-order valence-electron chi connectivity index (χ0n) is 12.0. The summed E-state index contributed by atoms with van der Waals surface area (Å²) in [6.45, 7) is 1.79. The molecular weight excluding hydrogens is 354 g/mol. The molecule has 116 valence electrons. The van der Waals surface area contributed by atoms with Gasteiger partial charge in [0.25, 0.3) is 5.56 Å². The summed E-state index contributed by atoms with van der Waals surface area (Å²) in [6, 6.07) is 5.52. The second-order valence-electron chi connectivity index (χ2n) is 4.41. The summed E-state index contributed by atoms with van der Waals surface area (Å²) in [6.07, 6.45) is 1.26. The Morgan fingerprint density at radius 3 is 2.77 bits per heavy atom. The predicted molar refractivity (Wildman–Crippen MR) is 85.5 cm³/mol. The maximum Gasteiger partial charge on any atom is 0.325 e. The van der Waals surface area contributed by atoms with Crippen molar-refractivity contribution in [2.45, 2.75) is 13.5 Å². The van der Waals surface area contributed by atoms with Crippen molar-refractivity contribution in [2.24, 2.45) is 5.16 Å². The first-order valence-corrected chi connectivity index (χ1v) is 7.11. The number of rotatable bonds is 5. The van der Waals surface area contributed by atoms with Crippen LogP contribution in [0, 0.1) is 6.92 Å². The Morgan fingerprint density at radius 1 is 1.32 bits per heavy atom. The first-order chi connectivity index (χ1) is 10.5. The third-order valence-electron chi connectivity index (χ3n) is 2.90. The summed E-state index contributed by atoms with van der Waals surface area (Å²) >= 11 is 3.37. The van der Waals surface area contributed by atoms with Gasteiger partial charge in [0.05, 0.1) is 18.9 Å². The van der Waals surface area contributed by atoms with Crippen molar-refractivity contribution >= 4 is 22.1 Å². The molecule has 2 N–H and O–H groups in total. The van der Waals surface area contributed by atoms with Gasteiger partial charge in [0.1, 0.15) is 12.4 Å². The first kappa shape index (κ1) is 16.0. The summed E-state index contributed by atoms with van der Waals surface area (Å²) < 4.78 is 6.11. The van der Waals surface area contributed by atoms with Gasteiger partial charge in [-0.1, -0.05) is 21.1 Å². The molecule has 2 aromatic rings. The van der Waals surface area contributed by atoms with Gasteiger partial charge in [-0.2, -0.15) is 0 Å². The van der Waals surface area contributed by atoms with Gasteiger partial charge >= 0.3 is 5.69 Å². The van der Waals surface area contributed by atoms with E-state index in [0.29, 0.717) is 11.4 Å². The fourth-order valence-electron chi connectivity index (χ4n) is 1.82. The molecule has 1 heterocycles. The Morgan fingerprint density at radius 2 is 2.09 bits per heavy atom. The second kappa shape index (κ2) is 7.08. The minimum absolute atomic E-state index is 0.180. The number of nitrogens with one attached hydrogen (secondary N) is 2. The molecule has 8 heteroatoms. The Balaban J connectivity index is 2.10. The summed E-state index contributed by atoms with van der Waals surface area (Å²) in [5.41, 5.74) is 0.385. The van der Waals surface area contributed by atoms with Crippen molar-refractivity contribution < 1.29 is 9.57 Å². The van der Waals surface area contributed by atoms with Crippen molar-refractivity contribution in [1.29, 1.82) is 0 Å². The number of oxime groups is 1. The third-order valence-corrected chi connectivity index (χ3v) is 3.39. The normalized spacial score (nSPS) is 10.9. The molecule has 22 heavy (non-hydrogen) atoms. The number of halogens is 1. The summed E-state index contributed by atoms with van der Waals surface area (Å²) in [5.74, 6) is 0.677. The topological polar surface area (TPSA) is 96.5 Å². The van der Waals surface area contributed by atoms with Crippen molar-refractivity contribution in [3.05, 3.63) is 60.3 Å². The number of aromatic nitrogens is 2. The third kappa shape index (κ3) is 3.85. The number of aromatic amines is 2. The van der Waals surface area contributed by atoms with Gasteiger partial charge in [-0.15, -0.1) is 0 Å². The highest BCUT2D eigenvalue weighted by Gasteiger charge is 2.05. The number of methoxy groups -OCH3 is 1. The number of nitrogens with zero attached hydrogens (tertiary/aromatic N) is 1. The molecule has 0 bridgehead atoms. The van der Waals surface area contributed by atoms with E-state index in [1.165, 1.54) is 6.21 Å². The average molecular weight is 368 g/mol. The molecule has 0 spiro atoms. The molecule has 7 nitrogen and oxygen atoms in total. The fraction of sp³-hybridized carbons (Fsp3) is 0.214. The molecule has 0 aliphatic heterocycles. The van der Waals surface area contributed by atoms with Crippen molar-refractivity contribution in [2.75, 3.05) is 7.11 Å². The Labute approximate surface area is 134 Å². The number of hydrogen-bond acceptors (Lipinski definition) is 5. The van der Waals surface area contributed by atoms with E-state index in [1.807, 2.05) is 18.2 Å². The van der Waals surface area contributed by atoms with Crippen LogP contribution >= 0.6 is 15.9 Å². The molecule has 0 saturated carbocycles. The molecule has 0 saturated heterocycles. The monoisotopic (exact) mass is 367 g/mol. The van der Waals surface area contributed by atoms with Crippen molar-refractivity contribution in [1.82, 2.24) is 9.97 Å². The van der Waals surface area contributed by atoms with E-state index in [1.54, 1.807) is 14.0 Å². The highest BCUT2D eigenvalue weighted by molar-refractivity contribution is 9.10. The largest absolute Gasteiger partial charge is 0.496 e. The molecule has 1 aromatic carbocycles. The van der Waals surface area contributed by atoms with Gasteiger partial charge in [-0.25, -0.2) is 4.79 Å². The molecular formula is C14H14BrN3O4. The Bertz CT molecular complexity index is 810. The maximum absolute atomic E-state index is 11.6. The number of H-pyrrole nitrogens is 2. The second-order valence-corrected chi connectivity index (χ2v) is 5.33. The highest BCUT2D eigenvalue weighted by atomic mass is 79.9. The van der Waals surface area contributed by atoms with Gasteiger partial charge in [0, 0.05) is 15.7 Å². The quantitative estimate of drug-likeness (QED) is 0.620. The van der Waals surface area contributed by atoms with E-state index in [2.05, 4.69) is 31.1 Å². The minimum atomic E-state index is -0.556. The molecule has 0 amide bonds. The van der Waals surface area contributed by atoms with Crippen LogP contribution in [0.4, 0.5) is 0 Å². The summed E-state index contributed by atoms with van der Waals surface area (Å²) in [5, 5.41) is 3.76. The van der Waals surface area contributed by atoms with E-state index >= 15 is 0 Å². The smallest absolute Gasteiger partial charge is 0.325 e. The lowest BCUT2D eigenvalue weighted by atomic mass is 10.2. The van der Waals surface area contributed by atoms with E-state index < -0.39 is 11.2 Å². The lowest BCUT2D eigenvalue weighted by Crippen LogP contribution is -2.26. The maximum atomic E-state index is 11.6. The summed E-state index contributed by atoms with van der Waals surface area (Å²) in [7, 11) is 1.57. The van der Waals surface area contributed by atoms with Crippen LogP contribution in [0.15, 0.2) is 37.4 Å². The SMILES string of the molecule is COc1ccc(Br)cc1CO/N=C/c1c(C)[nH]c(=O)[nH]c1=O.